The highest BCUT2D eigenvalue weighted by atomic mass is 35.5. The second-order valence-corrected chi connectivity index (χ2v) is 4.56. The zero-order valence-electron chi connectivity index (χ0n) is 9.13. The standard InChI is InChI=1S/C12H10Cl2N2O/c1-7-5-8(12(17)16-15-7)6-9-10(13)3-2-4-11(9)14/h2-5H,6H2,1H3,(H,16,17). The maximum Gasteiger partial charge on any atom is 0.267 e. The molecule has 0 radical (unpaired) electrons. The van der Waals surface area contributed by atoms with Gasteiger partial charge in [0.05, 0.1) is 5.69 Å². The molecule has 0 aliphatic carbocycles. The van der Waals surface area contributed by atoms with Gasteiger partial charge in [-0.15, -0.1) is 0 Å². The quantitative estimate of drug-likeness (QED) is 0.910. The highest BCUT2D eigenvalue weighted by Gasteiger charge is 2.09. The number of H-pyrrole nitrogens is 1. The molecule has 0 aliphatic heterocycles. The minimum absolute atomic E-state index is 0.216. The van der Waals surface area contributed by atoms with Crippen LogP contribution in [0.25, 0.3) is 0 Å². The summed E-state index contributed by atoms with van der Waals surface area (Å²) >= 11 is 12.1. The number of nitrogens with one attached hydrogen (secondary N) is 1. The number of aryl methyl sites for hydroxylation is 1. The molecule has 0 saturated heterocycles. The van der Waals surface area contributed by atoms with Crippen LogP contribution in [0.4, 0.5) is 0 Å². The van der Waals surface area contributed by atoms with Crippen molar-refractivity contribution in [1.82, 2.24) is 10.2 Å². The first-order valence-corrected chi connectivity index (χ1v) is 5.81. The van der Waals surface area contributed by atoms with Crippen LogP contribution in [-0.4, -0.2) is 10.2 Å². The second-order valence-electron chi connectivity index (χ2n) is 3.74. The van der Waals surface area contributed by atoms with E-state index >= 15 is 0 Å². The topological polar surface area (TPSA) is 45.8 Å². The molecule has 0 atom stereocenters. The van der Waals surface area contributed by atoms with Gasteiger partial charge in [0.15, 0.2) is 0 Å². The molecule has 1 heterocycles. The first-order chi connectivity index (χ1) is 8.08. The Morgan fingerprint density at radius 1 is 1.29 bits per heavy atom. The Morgan fingerprint density at radius 3 is 2.59 bits per heavy atom. The summed E-state index contributed by atoms with van der Waals surface area (Å²) in [5.41, 5.74) is 1.90. The van der Waals surface area contributed by atoms with Gasteiger partial charge in [-0.2, -0.15) is 5.10 Å². The average molecular weight is 269 g/mol. The summed E-state index contributed by atoms with van der Waals surface area (Å²) in [6.45, 7) is 1.81. The average Bonchev–Trinajstić information content (AvgIpc) is 2.28. The van der Waals surface area contributed by atoms with Crippen molar-refractivity contribution in [3.8, 4) is 0 Å². The zero-order valence-corrected chi connectivity index (χ0v) is 10.6. The van der Waals surface area contributed by atoms with Crippen molar-refractivity contribution in [3.63, 3.8) is 0 Å². The fraction of sp³-hybridized carbons (Fsp3) is 0.167. The predicted octanol–water partition coefficient (Wildman–Crippen LogP) is 2.98. The van der Waals surface area contributed by atoms with Gasteiger partial charge in [-0.3, -0.25) is 4.79 Å². The third-order valence-electron chi connectivity index (χ3n) is 2.44. The molecule has 88 valence electrons. The van der Waals surface area contributed by atoms with Gasteiger partial charge in [-0.05, 0) is 30.7 Å². The smallest absolute Gasteiger partial charge is 0.267 e. The Balaban J connectivity index is 2.45. The molecular formula is C12H10Cl2N2O. The summed E-state index contributed by atoms with van der Waals surface area (Å²) < 4.78 is 0. The van der Waals surface area contributed by atoms with E-state index < -0.39 is 0 Å². The Hall–Kier alpha value is -1.32. The van der Waals surface area contributed by atoms with E-state index in [1.807, 2.05) is 6.92 Å². The second kappa shape index (κ2) is 4.90. The first-order valence-electron chi connectivity index (χ1n) is 5.06. The lowest BCUT2D eigenvalue weighted by molar-refractivity contribution is 0.913. The van der Waals surface area contributed by atoms with Crippen LogP contribution in [0.2, 0.25) is 10.0 Å². The molecule has 2 rings (SSSR count). The molecule has 0 saturated carbocycles. The zero-order chi connectivity index (χ0) is 12.4. The van der Waals surface area contributed by atoms with E-state index in [-0.39, 0.29) is 5.56 Å². The Morgan fingerprint density at radius 2 is 1.94 bits per heavy atom. The summed E-state index contributed by atoms with van der Waals surface area (Å²) in [4.78, 5) is 11.6. The molecule has 0 amide bonds. The molecule has 5 heteroatoms. The van der Waals surface area contributed by atoms with E-state index in [0.29, 0.717) is 22.0 Å². The highest BCUT2D eigenvalue weighted by molar-refractivity contribution is 6.36. The maximum atomic E-state index is 11.6. The Labute approximate surface area is 108 Å². The molecule has 1 aromatic heterocycles. The summed E-state index contributed by atoms with van der Waals surface area (Å²) in [7, 11) is 0. The number of halogens is 2. The van der Waals surface area contributed by atoms with Crippen LogP contribution in [0.15, 0.2) is 29.1 Å². The van der Waals surface area contributed by atoms with E-state index in [1.54, 1.807) is 24.3 Å². The number of rotatable bonds is 2. The van der Waals surface area contributed by atoms with E-state index in [2.05, 4.69) is 10.2 Å². The van der Waals surface area contributed by atoms with Crippen molar-refractivity contribution in [1.29, 1.82) is 0 Å². The van der Waals surface area contributed by atoms with Gasteiger partial charge in [-0.1, -0.05) is 29.3 Å². The van der Waals surface area contributed by atoms with Crippen LogP contribution in [0.3, 0.4) is 0 Å². The molecule has 2 aromatic rings. The van der Waals surface area contributed by atoms with Crippen molar-refractivity contribution < 1.29 is 0 Å². The SMILES string of the molecule is Cc1cc(Cc2c(Cl)cccc2Cl)c(=O)[nH]n1. The number of benzene rings is 1. The molecule has 0 bridgehead atoms. The minimum Gasteiger partial charge on any atom is -0.268 e. The first kappa shape index (κ1) is 12.1. The van der Waals surface area contributed by atoms with Crippen molar-refractivity contribution in [2.24, 2.45) is 0 Å². The molecule has 0 spiro atoms. The van der Waals surface area contributed by atoms with Gasteiger partial charge < -0.3 is 0 Å². The van der Waals surface area contributed by atoms with Gasteiger partial charge in [0.25, 0.3) is 5.56 Å². The monoisotopic (exact) mass is 268 g/mol. The molecule has 3 nitrogen and oxygen atoms in total. The third-order valence-corrected chi connectivity index (χ3v) is 3.15. The summed E-state index contributed by atoms with van der Waals surface area (Å²) in [5, 5.41) is 7.38. The molecule has 0 aliphatic rings. The third kappa shape index (κ3) is 2.68. The van der Waals surface area contributed by atoms with Crippen molar-refractivity contribution in [2.75, 3.05) is 0 Å². The maximum absolute atomic E-state index is 11.6. The van der Waals surface area contributed by atoms with E-state index in [9.17, 15) is 4.79 Å². The highest BCUT2D eigenvalue weighted by Crippen LogP contribution is 2.25. The van der Waals surface area contributed by atoms with Crippen molar-refractivity contribution >= 4 is 23.2 Å². The van der Waals surface area contributed by atoms with Crippen LogP contribution >= 0.6 is 23.2 Å². The van der Waals surface area contributed by atoms with Crippen LogP contribution in [-0.2, 0) is 6.42 Å². The number of hydrogen-bond donors (Lipinski definition) is 1. The van der Waals surface area contributed by atoms with E-state index in [0.717, 1.165) is 11.3 Å². The number of hydrogen-bond acceptors (Lipinski definition) is 2. The van der Waals surface area contributed by atoms with Crippen LogP contribution in [0, 0.1) is 6.92 Å². The number of nitrogens with zero attached hydrogens (tertiary/aromatic N) is 1. The predicted molar refractivity (Wildman–Crippen MR) is 68.9 cm³/mol. The Bertz CT molecular complexity index is 587. The summed E-state index contributed by atoms with van der Waals surface area (Å²) in [6.07, 6.45) is 0.400. The van der Waals surface area contributed by atoms with Crippen LogP contribution in [0.5, 0.6) is 0 Å². The Kier molecular flexibility index (Phi) is 3.50. The van der Waals surface area contributed by atoms with Crippen LogP contribution < -0.4 is 5.56 Å². The molecule has 17 heavy (non-hydrogen) atoms. The van der Waals surface area contributed by atoms with E-state index in [4.69, 9.17) is 23.2 Å². The molecule has 0 fully saturated rings. The van der Waals surface area contributed by atoms with Crippen molar-refractivity contribution in [3.05, 3.63) is 61.5 Å². The van der Waals surface area contributed by atoms with Gasteiger partial charge in [0.1, 0.15) is 0 Å². The van der Waals surface area contributed by atoms with Gasteiger partial charge in [0.2, 0.25) is 0 Å². The van der Waals surface area contributed by atoms with Crippen LogP contribution in [0.1, 0.15) is 16.8 Å². The van der Waals surface area contributed by atoms with Gasteiger partial charge in [-0.25, -0.2) is 5.10 Å². The number of aromatic nitrogens is 2. The molecule has 0 unspecified atom stereocenters. The lowest BCUT2D eigenvalue weighted by atomic mass is 10.1. The lowest BCUT2D eigenvalue weighted by Crippen LogP contribution is -2.15. The molecule has 1 aromatic carbocycles. The normalized spacial score (nSPS) is 10.5. The summed E-state index contributed by atoms with van der Waals surface area (Å²) in [6, 6.07) is 7.02. The minimum atomic E-state index is -0.216. The van der Waals surface area contributed by atoms with Crippen molar-refractivity contribution in [2.45, 2.75) is 13.3 Å². The fourth-order valence-electron chi connectivity index (χ4n) is 1.58. The van der Waals surface area contributed by atoms with Gasteiger partial charge >= 0.3 is 0 Å². The summed E-state index contributed by atoms with van der Waals surface area (Å²) in [5.74, 6) is 0. The molecule has 1 N–H and O–H groups in total. The fourth-order valence-corrected chi connectivity index (χ4v) is 2.11. The number of aromatic amines is 1. The molecular weight excluding hydrogens is 259 g/mol. The lowest BCUT2D eigenvalue weighted by Gasteiger charge is -2.06. The van der Waals surface area contributed by atoms with Gasteiger partial charge in [0, 0.05) is 22.0 Å². The largest absolute Gasteiger partial charge is 0.268 e. The van der Waals surface area contributed by atoms with E-state index in [1.165, 1.54) is 0 Å².